The number of halogens is 1. The molecule has 0 radical (unpaired) electrons. The molecule has 190 valence electrons. The highest BCUT2D eigenvalue weighted by Gasteiger charge is 2.25. The van der Waals surface area contributed by atoms with Crippen molar-refractivity contribution in [3.63, 3.8) is 0 Å². The molecule has 35 heavy (non-hydrogen) atoms. The highest BCUT2D eigenvalue weighted by molar-refractivity contribution is 6.32. The number of para-hydroxylation sites is 1. The van der Waals surface area contributed by atoms with E-state index in [2.05, 4.69) is 16.0 Å². The topological polar surface area (TPSA) is 118 Å². The normalized spacial score (nSPS) is 15.3. The fraction of sp³-hybridized carbons (Fsp3) is 0.440. The number of carbonyl (C=O) groups is 2. The van der Waals surface area contributed by atoms with E-state index in [9.17, 15) is 14.7 Å². The molecule has 0 bridgehead atoms. The second-order valence-corrected chi connectivity index (χ2v) is 8.86. The fourth-order valence-corrected chi connectivity index (χ4v) is 3.87. The van der Waals surface area contributed by atoms with Gasteiger partial charge in [-0.3, -0.25) is 15.4 Å². The van der Waals surface area contributed by atoms with Crippen molar-refractivity contribution in [2.75, 3.05) is 18.5 Å². The molecule has 2 atom stereocenters. The van der Waals surface area contributed by atoms with Crippen molar-refractivity contribution in [2.24, 2.45) is 0 Å². The van der Waals surface area contributed by atoms with Crippen molar-refractivity contribution < 1.29 is 28.9 Å². The van der Waals surface area contributed by atoms with Gasteiger partial charge in [0.2, 0.25) is 5.91 Å². The maximum Gasteiger partial charge on any atom is 0.409 e. The van der Waals surface area contributed by atoms with Gasteiger partial charge in [0.05, 0.1) is 12.3 Å². The van der Waals surface area contributed by atoms with E-state index in [-0.39, 0.29) is 25.5 Å². The predicted octanol–water partition coefficient (Wildman–Crippen LogP) is 4.02. The molecule has 0 saturated heterocycles. The molecule has 0 aromatic heterocycles. The van der Waals surface area contributed by atoms with Crippen LogP contribution in [0, 0.1) is 13.8 Å². The summed E-state index contributed by atoms with van der Waals surface area (Å²) >= 11 is 6.21. The van der Waals surface area contributed by atoms with Gasteiger partial charge in [0.25, 0.3) is 5.91 Å². The van der Waals surface area contributed by atoms with Crippen LogP contribution in [0.1, 0.15) is 43.4 Å². The standard InChI is InChI=1S/C25H32ClN3O6/c1-5-33-24(31)29-21(34-19-8-6-7-17-9-10-20(30)28-23(17)19)11-12-27-25(4,32)35-18-13-15(2)22(26)16(3)14-18/h6-8,13-14,21,27,32H,5,9-12H2,1-4H3,(H,28,30)(H,29,31). The van der Waals surface area contributed by atoms with Gasteiger partial charge in [0.1, 0.15) is 11.5 Å². The number of rotatable bonds is 10. The number of aliphatic hydroxyl groups is 1. The largest absolute Gasteiger partial charge is 0.468 e. The fourth-order valence-electron chi connectivity index (χ4n) is 3.76. The Bertz CT molecular complexity index is 1050. The van der Waals surface area contributed by atoms with Crippen LogP contribution < -0.4 is 25.4 Å². The maximum absolute atomic E-state index is 12.1. The first kappa shape index (κ1) is 26.6. The van der Waals surface area contributed by atoms with E-state index >= 15 is 0 Å². The third kappa shape index (κ3) is 7.48. The van der Waals surface area contributed by atoms with Gasteiger partial charge in [0, 0.05) is 31.3 Å². The van der Waals surface area contributed by atoms with Gasteiger partial charge < -0.3 is 24.6 Å². The molecule has 1 aliphatic heterocycles. The third-order valence-electron chi connectivity index (χ3n) is 5.41. The van der Waals surface area contributed by atoms with E-state index in [4.69, 9.17) is 25.8 Å². The van der Waals surface area contributed by atoms with Gasteiger partial charge in [-0.1, -0.05) is 23.7 Å². The Morgan fingerprint density at radius 3 is 2.66 bits per heavy atom. The summed E-state index contributed by atoms with van der Waals surface area (Å²) in [5.74, 6) is -0.884. The minimum absolute atomic E-state index is 0.0917. The number of anilines is 1. The van der Waals surface area contributed by atoms with Crippen molar-refractivity contribution in [1.82, 2.24) is 10.6 Å². The van der Waals surface area contributed by atoms with Gasteiger partial charge >= 0.3 is 6.09 Å². The van der Waals surface area contributed by atoms with Crippen molar-refractivity contribution in [3.05, 3.63) is 52.0 Å². The van der Waals surface area contributed by atoms with Crippen molar-refractivity contribution >= 4 is 29.3 Å². The average Bonchev–Trinajstić information content (AvgIpc) is 2.77. The van der Waals surface area contributed by atoms with Crippen LogP contribution in [0.5, 0.6) is 11.5 Å². The van der Waals surface area contributed by atoms with Crippen LogP contribution in [-0.2, 0) is 16.0 Å². The van der Waals surface area contributed by atoms with Gasteiger partial charge in [-0.25, -0.2) is 4.79 Å². The van der Waals surface area contributed by atoms with Crippen molar-refractivity contribution in [3.8, 4) is 11.5 Å². The molecule has 2 amide bonds. The summed E-state index contributed by atoms with van der Waals surface area (Å²) in [5.41, 5.74) is 3.22. The monoisotopic (exact) mass is 505 g/mol. The second kappa shape index (κ2) is 11.6. The molecule has 10 heteroatoms. The van der Waals surface area contributed by atoms with E-state index in [0.29, 0.717) is 35.1 Å². The number of fused-ring (bicyclic) bond motifs is 1. The van der Waals surface area contributed by atoms with Crippen molar-refractivity contribution in [2.45, 2.75) is 59.1 Å². The summed E-state index contributed by atoms with van der Waals surface area (Å²) in [6, 6.07) is 8.97. The average molecular weight is 506 g/mol. The van der Waals surface area contributed by atoms with Gasteiger partial charge in [-0.2, -0.15) is 0 Å². The zero-order valence-corrected chi connectivity index (χ0v) is 21.1. The quantitative estimate of drug-likeness (QED) is 0.360. The minimum atomic E-state index is -1.69. The summed E-state index contributed by atoms with van der Waals surface area (Å²) < 4.78 is 16.8. The van der Waals surface area contributed by atoms with E-state index in [0.717, 1.165) is 16.7 Å². The summed E-state index contributed by atoms with van der Waals surface area (Å²) in [5, 5.41) is 19.8. The number of hydrogen-bond acceptors (Lipinski definition) is 7. The lowest BCUT2D eigenvalue weighted by Gasteiger charge is -2.28. The lowest BCUT2D eigenvalue weighted by atomic mass is 10.0. The molecule has 4 N–H and O–H groups in total. The van der Waals surface area contributed by atoms with Crippen LogP contribution >= 0.6 is 11.6 Å². The molecule has 2 aromatic carbocycles. The number of ether oxygens (including phenoxy) is 3. The molecule has 2 unspecified atom stereocenters. The van der Waals surface area contributed by atoms with Gasteiger partial charge in [-0.15, -0.1) is 0 Å². The molecule has 3 rings (SSSR count). The molecular weight excluding hydrogens is 474 g/mol. The highest BCUT2D eigenvalue weighted by atomic mass is 35.5. The lowest BCUT2D eigenvalue weighted by molar-refractivity contribution is -0.147. The third-order valence-corrected chi connectivity index (χ3v) is 6.00. The van der Waals surface area contributed by atoms with Gasteiger partial charge in [0.15, 0.2) is 6.23 Å². The predicted molar refractivity (Wildman–Crippen MR) is 133 cm³/mol. The number of benzene rings is 2. The van der Waals surface area contributed by atoms with Crippen LogP contribution in [-0.4, -0.2) is 42.4 Å². The van der Waals surface area contributed by atoms with E-state index in [1.165, 1.54) is 6.92 Å². The Morgan fingerprint density at radius 2 is 1.97 bits per heavy atom. The molecule has 0 fully saturated rings. The Hall–Kier alpha value is -3.01. The first-order chi connectivity index (χ1) is 16.6. The Labute approximate surface area is 210 Å². The van der Waals surface area contributed by atoms with Crippen LogP contribution in [0.2, 0.25) is 5.02 Å². The molecular formula is C25H32ClN3O6. The highest BCUT2D eigenvalue weighted by Crippen LogP contribution is 2.33. The smallest absolute Gasteiger partial charge is 0.409 e. The molecule has 0 spiro atoms. The molecule has 0 aliphatic carbocycles. The first-order valence-electron chi connectivity index (χ1n) is 11.5. The summed E-state index contributed by atoms with van der Waals surface area (Å²) in [7, 11) is 0. The van der Waals surface area contributed by atoms with Crippen molar-refractivity contribution in [1.29, 1.82) is 0 Å². The zero-order chi connectivity index (χ0) is 25.6. The lowest BCUT2D eigenvalue weighted by Crippen LogP contribution is -2.50. The van der Waals surface area contributed by atoms with Crippen LogP contribution in [0.3, 0.4) is 0 Å². The number of amides is 2. The first-order valence-corrected chi connectivity index (χ1v) is 11.9. The van der Waals surface area contributed by atoms with Gasteiger partial charge in [-0.05, 0) is 62.1 Å². The number of hydrogen-bond donors (Lipinski definition) is 4. The van der Waals surface area contributed by atoms with Crippen LogP contribution in [0.4, 0.5) is 10.5 Å². The Kier molecular flexibility index (Phi) is 8.82. The minimum Gasteiger partial charge on any atom is -0.468 e. The molecule has 1 heterocycles. The van der Waals surface area contributed by atoms with E-state index < -0.39 is 18.2 Å². The van der Waals surface area contributed by atoms with E-state index in [1.54, 1.807) is 25.1 Å². The Balaban J connectivity index is 1.66. The SMILES string of the molecule is CCOC(=O)NC(CCNC(C)(O)Oc1cc(C)c(Cl)c(C)c1)Oc1cccc2c1NC(=O)CC2. The Morgan fingerprint density at radius 1 is 1.26 bits per heavy atom. The van der Waals surface area contributed by atoms with Crippen LogP contribution in [0.15, 0.2) is 30.3 Å². The molecule has 0 saturated carbocycles. The zero-order valence-electron chi connectivity index (χ0n) is 20.4. The summed E-state index contributed by atoms with van der Waals surface area (Å²) in [4.78, 5) is 24.0. The summed E-state index contributed by atoms with van der Waals surface area (Å²) in [6.07, 6.45) is -0.162. The van der Waals surface area contributed by atoms with E-state index in [1.807, 2.05) is 26.0 Å². The molecule has 9 nitrogen and oxygen atoms in total. The maximum atomic E-state index is 12.1. The molecule has 1 aliphatic rings. The number of carbonyl (C=O) groups excluding carboxylic acids is 2. The molecule has 2 aromatic rings. The number of alkyl carbamates (subject to hydrolysis) is 1. The number of aryl methyl sites for hydroxylation is 3. The van der Waals surface area contributed by atoms with Crippen LogP contribution in [0.25, 0.3) is 0 Å². The number of nitrogens with one attached hydrogen (secondary N) is 3. The summed E-state index contributed by atoms with van der Waals surface area (Å²) in [6.45, 7) is 7.32. The second-order valence-electron chi connectivity index (χ2n) is 8.48.